The number of halogens is 1. The summed E-state index contributed by atoms with van der Waals surface area (Å²) in [6.45, 7) is 0. The number of rotatable bonds is 2. The molecule has 7 aromatic rings. The molecule has 2 unspecified atom stereocenters. The molecule has 7 aromatic carbocycles. The quantitative estimate of drug-likeness (QED) is 0.210. The van der Waals surface area contributed by atoms with E-state index in [2.05, 4.69) is 88.7 Å². The Morgan fingerprint density at radius 1 is 0.366 bits per heavy atom. The lowest BCUT2D eigenvalue weighted by Gasteiger charge is -2.45. The van der Waals surface area contributed by atoms with Gasteiger partial charge in [0.05, 0.1) is 0 Å². The molecule has 0 saturated carbocycles. The highest BCUT2D eigenvalue weighted by atomic mass is 79.9. The lowest BCUT2D eigenvalue weighted by atomic mass is 9.63. The SMILES string of the molecule is OC1(c2ccc3ccccc3c2)c2ccc(Br)cc2C(O)(c2ccc3ccccc3c2)c2cc3ccccc3cc21. The second-order valence-electron chi connectivity index (χ2n) is 11.0. The first-order valence-corrected chi connectivity index (χ1v) is 14.5. The molecule has 0 saturated heterocycles. The predicted octanol–water partition coefficient (Wildman–Crippen LogP) is 8.79. The summed E-state index contributed by atoms with van der Waals surface area (Å²) in [5, 5.41) is 32.5. The van der Waals surface area contributed by atoms with Crippen molar-refractivity contribution in [1.82, 2.24) is 0 Å². The minimum atomic E-state index is -1.51. The molecule has 1 aliphatic carbocycles. The third-order valence-corrected chi connectivity index (χ3v) is 9.25. The van der Waals surface area contributed by atoms with Gasteiger partial charge in [-0.1, -0.05) is 119 Å². The van der Waals surface area contributed by atoms with Crippen molar-refractivity contribution >= 4 is 48.2 Å². The monoisotopic (exact) mass is 592 g/mol. The van der Waals surface area contributed by atoms with E-state index in [1.807, 2.05) is 66.7 Å². The smallest absolute Gasteiger partial charge is 0.141 e. The highest BCUT2D eigenvalue weighted by Crippen LogP contribution is 2.54. The molecule has 2 N–H and O–H groups in total. The van der Waals surface area contributed by atoms with Crippen LogP contribution in [-0.4, -0.2) is 10.2 Å². The van der Waals surface area contributed by atoms with Gasteiger partial charge in [-0.05, 0) is 85.4 Å². The maximum atomic E-state index is 13.1. The standard InChI is InChI=1S/C38H25BrO2/c39-32-17-18-33-36(23-32)38(41,31-16-14-25-8-2-4-10-27(25)20-31)35-22-29-12-6-5-11-28(29)21-34(35)37(33,40)30-15-13-24-7-1-3-9-26(24)19-30/h1-23,40-41H. The summed E-state index contributed by atoms with van der Waals surface area (Å²) in [5.74, 6) is 0. The number of benzene rings is 7. The highest BCUT2D eigenvalue weighted by molar-refractivity contribution is 9.10. The maximum absolute atomic E-state index is 13.1. The van der Waals surface area contributed by atoms with Crippen LogP contribution in [0.5, 0.6) is 0 Å². The van der Waals surface area contributed by atoms with Gasteiger partial charge in [0.25, 0.3) is 0 Å². The minimum Gasteiger partial charge on any atom is -0.376 e. The molecule has 0 aromatic heterocycles. The summed E-state index contributed by atoms with van der Waals surface area (Å²) >= 11 is 3.67. The van der Waals surface area contributed by atoms with Gasteiger partial charge in [0.15, 0.2) is 0 Å². The van der Waals surface area contributed by atoms with E-state index in [4.69, 9.17) is 0 Å². The Morgan fingerprint density at radius 3 is 1.24 bits per heavy atom. The Hall–Kier alpha value is -4.28. The molecule has 0 heterocycles. The topological polar surface area (TPSA) is 40.5 Å². The van der Waals surface area contributed by atoms with Crippen molar-refractivity contribution in [3.8, 4) is 0 Å². The zero-order valence-electron chi connectivity index (χ0n) is 22.1. The van der Waals surface area contributed by atoms with E-state index in [0.29, 0.717) is 22.3 Å². The van der Waals surface area contributed by atoms with Crippen LogP contribution in [-0.2, 0) is 11.2 Å². The highest BCUT2D eigenvalue weighted by Gasteiger charge is 2.51. The fraction of sp³-hybridized carbons (Fsp3) is 0.0526. The largest absolute Gasteiger partial charge is 0.376 e. The number of aliphatic hydroxyl groups is 2. The Morgan fingerprint density at radius 2 is 0.756 bits per heavy atom. The van der Waals surface area contributed by atoms with Crippen molar-refractivity contribution in [3.05, 3.63) is 177 Å². The van der Waals surface area contributed by atoms with Crippen LogP contribution in [0.25, 0.3) is 32.3 Å². The van der Waals surface area contributed by atoms with Crippen molar-refractivity contribution in [2.24, 2.45) is 0 Å². The number of fused-ring (bicyclic) bond motifs is 5. The molecule has 196 valence electrons. The summed E-state index contributed by atoms with van der Waals surface area (Å²) in [4.78, 5) is 0. The van der Waals surface area contributed by atoms with Gasteiger partial charge in [-0.15, -0.1) is 0 Å². The van der Waals surface area contributed by atoms with E-state index in [1.165, 1.54) is 0 Å². The van der Waals surface area contributed by atoms with Gasteiger partial charge in [-0.2, -0.15) is 0 Å². The van der Waals surface area contributed by atoms with E-state index >= 15 is 0 Å². The average Bonchev–Trinajstić information content (AvgIpc) is 3.02. The van der Waals surface area contributed by atoms with Crippen LogP contribution in [0.1, 0.15) is 33.4 Å². The average molecular weight is 594 g/mol. The minimum absolute atomic E-state index is 0.653. The van der Waals surface area contributed by atoms with Crippen LogP contribution in [0.4, 0.5) is 0 Å². The molecule has 0 spiro atoms. The van der Waals surface area contributed by atoms with Crippen molar-refractivity contribution in [3.63, 3.8) is 0 Å². The lowest BCUT2D eigenvalue weighted by Crippen LogP contribution is -2.44. The van der Waals surface area contributed by atoms with Gasteiger partial charge in [0.1, 0.15) is 11.2 Å². The molecule has 2 nitrogen and oxygen atoms in total. The van der Waals surface area contributed by atoms with Gasteiger partial charge in [-0.25, -0.2) is 0 Å². The zero-order chi connectivity index (χ0) is 27.8. The molecule has 41 heavy (non-hydrogen) atoms. The second kappa shape index (κ2) is 8.86. The third kappa shape index (κ3) is 3.50. The van der Waals surface area contributed by atoms with Gasteiger partial charge < -0.3 is 10.2 Å². The van der Waals surface area contributed by atoms with Crippen LogP contribution in [0.3, 0.4) is 0 Å². The molecule has 0 radical (unpaired) electrons. The molecule has 0 amide bonds. The summed E-state index contributed by atoms with van der Waals surface area (Å²) in [6, 6.07) is 46.7. The molecule has 0 aliphatic heterocycles. The summed E-state index contributed by atoms with van der Waals surface area (Å²) in [6.07, 6.45) is 0. The summed E-state index contributed by atoms with van der Waals surface area (Å²) in [5.41, 5.74) is 1.18. The fourth-order valence-electron chi connectivity index (χ4n) is 6.71. The molecule has 0 fully saturated rings. The van der Waals surface area contributed by atoms with E-state index < -0.39 is 11.2 Å². The van der Waals surface area contributed by atoms with Crippen LogP contribution < -0.4 is 0 Å². The molecular formula is C38H25BrO2. The molecular weight excluding hydrogens is 568 g/mol. The van der Waals surface area contributed by atoms with Crippen LogP contribution >= 0.6 is 15.9 Å². The fourth-order valence-corrected chi connectivity index (χ4v) is 7.07. The zero-order valence-corrected chi connectivity index (χ0v) is 23.6. The van der Waals surface area contributed by atoms with Crippen molar-refractivity contribution in [2.45, 2.75) is 11.2 Å². The lowest BCUT2D eigenvalue weighted by molar-refractivity contribution is 0.0751. The third-order valence-electron chi connectivity index (χ3n) is 8.76. The maximum Gasteiger partial charge on any atom is 0.141 e. The first-order valence-electron chi connectivity index (χ1n) is 13.7. The van der Waals surface area contributed by atoms with Crippen LogP contribution in [0.2, 0.25) is 0 Å². The van der Waals surface area contributed by atoms with Crippen molar-refractivity contribution in [1.29, 1.82) is 0 Å². The van der Waals surface area contributed by atoms with Gasteiger partial charge in [-0.3, -0.25) is 0 Å². The summed E-state index contributed by atoms with van der Waals surface area (Å²) in [7, 11) is 0. The number of hydrogen-bond donors (Lipinski definition) is 2. The van der Waals surface area contributed by atoms with Crippen molar-refractivity contribution in [2.75, 3.05) is 0 Å². The van der Waals surface area contributed by atoms with E-state index in [1.54, 1.807) is 0 Å². The van der Waals surface area contributed by atoms with E-state index in [-0.39, 0.29) is 0 Å². The molecule has 0 bridgehead atoms. The van der Waals surface area contributed by atoms with Crippen LogP contribution in [0, 0.1) is 0 Å². The summed E-state index contributed by atoms with van der Waals surface area (Å²) < 4.78 is 0.834. The van der Waals surface area contributed by atoms with Gasteiger partial charge >= 0.3 is 0 Å². The Labute approximate surface area is 246 Å². The van der Waals surface area contributed by atoms with E-state index in [0.717, 1.165) is 47.9 Å². The molecule has 2 atom stereocenters. The van der Waals surface area contributed by atoms with Gasteiger partial charge in [0.2, 0.25) is 0 Å². The normalized spacial score (nSPS) is 19.8. The van der Waals surface area contributed by atoms with E-state index in [9.17, 15) is 10.2 Å². The Bertz CT molecular complexity index is 2170. The first kappa shape index (κ1) is 24.5. The predicted molar refractivity (Wildman–Crippen MR) is 170 cm³/mol. The van der Waals surface area contributed by atoms with Crippen molar-refractivity contribution < 1.29 is 10.2 Å². The Kier molecular flexibility index (Phi) is 5.30. The molecule has 8 rings (SSSR count). The second-order valence-corrected chi connectivity index (χ2v) is 11.9. The molecule has 1 aliphatic rings. The number of hydrogen-bond acceptors (Lipinski definition) is 2. The molecule has 3 heteroatoms. The van der Waals surface area contributed by atoms with Crippen LogP contribution in [0.15, 0.2) is 144 Å². The van der Waals surface area contributed by atoms with Gasteiger partial charge in [0, 0.05) is 21.2 Å². The Balaban J connectivity index is 1.51. The first-order chi connectivity index (χ1) is 20.0.